The summed E-state index contributed by atoms with van der Waals surface area (Å²) in [5.74, 6) is -5.57. The lowest BCUT2D eigenvalue weighted by atomic mass is 9.78. The highest BCUT2D eigenvalue weighted by Crippen LogP contribution is 2.56. The third kappa shape index (κ3) is 4.15. The van der Waals surface area contributed by atoms with Gasteiger partial charge in [0, 0.05) is 23.8 Å². The molecule has 0 amide bonds. The van der Waals surface area contributed by atoms with E-state index in [-0.39, 0.29) is 51.0 Å². The van der Waals surface area contributed by atoms with Crippen molar-refractivity contribution in [3.8, 4) is 51.7 Å². The van der Waals surface area contributed by atoms with Crippen molar-refractivity contribution in [2.45, 2.75) is 18.1 Å². The van der Waals surface area contributed by atoms with E-state index in [2.05, 4.69) is 0 Å². The van der Waals surface area contributed by atoms with Crippen LogP contribution in [0.15, 0.2) is 66.7 Å². The molecular weight excluding hydrogens is 536 g/mol. The first-order valence-corrected chi connectivity index (χ1v) is 12.3. The quantitative estimate of drug-likeness (QED) is 0.168. The topological polar surface area (TPSA) is 197 Å². The van der Waals surface area contributed by atoms with Gasteiger partial charge in [0.05, 0.1) is 17.0 Å². The Balaban J connectivity index is 1.57. The molecule has 6 rings (SSSR count). The molecule has 4 aromatic carbocycles. The minimum Gasteiger partial charge on any atom is -0.508 e. The zero-order valence-corrected chi connectivity index (χ0v) is 20.9. The summed E-state index contributed by atoms with van der Waals surface area (Å²) in [5.41, 5.74) is -0.0428. The first-order chi connectivity index (χ1) is 19.5. The number of rotatable bonds is 3. The fraction of sp³-hybridized carbons (Fsp3) is 0.100. The van der Waals surface area contributed by atoms with Gasteiger partial charge in [-0.1, -0.05) is 12.1 Å². The highest BCUT2D eigenvalue weighted by Gasteiger charge is 2.46. The zero-order valence-electron chi connectivity index (χ0n) is 20.9. The van der Waals surface area contributed by atoms with Gasteiger partial charge in [-0.15, -0.1) is 0 Å². The Labute approximate surface area is 231 Å². The van der Waals surface area contributed by atoms with Crippen LogP contribution in [-0.4, -0.2) is 46.6 Å². The van der Waals surface area contributed by atoms with E-state index in [1.807, 2.05) is 0 Å². The summed E-state index contributed by atoms with van der Waals surface area (Å²) in [4.78, 5) is 14.1. The second-order valence-electron chi connectivity index (χ2n) is 9.66. The average Bonchev–Trinajstić information content (AvgIpc) is 2.90. The van der Waals surface area contributed by atoms with Crippen molar-refractivity contribution in [2.24, 2.45) is 0 Å². The van der Waals surface area contributed by atoms with Crippen molar-refractivity contribution in [1.29, 1.82) is 0 Å². The number of Topliss-reactive ketones (excluding diaryl/α,β-unsaturated/α-hetero) is 1. The second-order valence-corrected chi connectivity index (χ2v) is 9.66. The van der Waals surface area contributed by atoms with E-state index in [0.29, 0.717) is 5.56 Å². The summed E-state index contributed by atoms with van der Waals surface area (Å²) in [7, 11) is 0. The Hall–Kier alpha value is -5.55. The summed E-state index contributed by atoms with van der Waals surface area (Å²) < 4.78 is 12.2. The second kappa shape index (κ2) is 9.28. The van der Waals surface area contributed by atoms with Crippen LogP contribution in [0.1, 0.15) is 50.7 Å². The van der Waals surface area contributed by atoms with Gasteiger partial charge in [0.1, 0.15) is 63.8 Å². The lowest BCUT2D eigenvalue weighted by molar-refractivity contribution is 0.0767. The Bertz CT molecular complexity index is 1760. The van der Waals surface area contributed by atoms with Crippen molar-refractivity contribution < 1.29 is 55.1 Å². The molecule has 11 nitrogen and oxygen atoms in total. The van der Waals surface area contributed by atoms with Gasteiger partial charge in [0.2, 0.25) is 0 Å². The van der Waals surface area contributed by atoms with Crippen molar-refractivity contribution in [3.05, 3.63) is 94.6 Å². The number of phenols is 7. The molecule has 0 bridgehead atoms. The van der Waals surface area contributed by atoms with E-state index in [1.165, 1.54) is 48.5 Å². The number of hydrogen-bond acceptors (Lipinski definition) is 11. The van der Waals surface area contributed by atoms with Crippen molar-refractivity contribution >= 4 is 11.5 Å². The van der Waals surface area contributed by atoms with E-state index in [9.17, 15) is 45.6 Å². The van der Waals surface area contributed by atoms with Gasteiger partial charge >= 0.3 is 0 Å². The van der Waals surface area contributed by atoms with E-state index >= 15 is 0 Å². The number of phenolic OH excluding ortho intramolecular Hbond substituents is 7. The first-order valence-electron chi connectivity index (χ1n) is 12.3. The number of aliphatic hydroxyl groups excluding tert-OH is 1. The van der Waals surface area contributed by atoms with Crippen molar-refractivity contribution in [3.63, 3.8) is 0 Å². The number of benzene rings is 4. The molecule has 2 aliphatic heterocycles. The number of fused-ring (bicyclic) bond motifs is 2. The zero-order chi connectivity index (χ0) is 29.2. The van der Waals surface area contributed by atoms with Crippen LogP contribution in [0.3, 0.4) is 0 Å². The predicted molar refractivity (Wildman–Crippen MR) is 141 cm³/mol. The summed E-state index contributed by atoms with van der Waals surface area (Å²) >= 11 is 0. The maximum atomic E-state index is 14.1. The number of carbonyl (C=O) groups is 1. The largest absolute Gasteiger partial charge is 0.508 e. The molecule has 11 heteroatoms. The first kappa shape index (κ1) is 25.7. The molecule has 3 atom stereocenters. The Morgan fingerprint density at radius 2 is 1.37 bits per heavy atom. The van der Waals surface area contributed by atoms with Crippen LogP contribution in [0.25, 0.3) is 5.76 Å². The third-order valence-corrected chi connectivity index (χ3v) is 7.08. The summed E-state index contributed by atoms with van der Waals surface area (Å²) in [5, 5.41) is 83.0. The lowest BCUT2D eigenvalue weighted by Gasteiger charge is -2.36. The van der Waals surface area contributed by atoms with Crippen LogP contribution >= 0.6 is 0 Å². The molecular formula is C30H22O11. The summed E-state index contributed by atoms with van der Waals surface area (Å²) in [6.07, 6.45) is -1.47. The minimum atomic E-state index is -1.49. The Morgan fingerprint density at radius 3 is 2.07 bits per heavy atom. The molecule has 0 fully saturated rings. The van der Waals surface area contributed by atoms with Gasteiger partial charge in [-0.2, -0.15) is 0 Å². The van der Waals surface area contributed by atoms with Crippen LogP contribution in [0.4, 0.5) is 0 Å². The number of ketones is 1. The fourth-order valence-corrected chi connectivity index (χ4v) is 5.19. The molecule has 0 aromatic heterocycles. The van der Waals surface area contributed by atoms with Gasteiger partial charge in [0.25, 0.3) is 0 Å². The van der Waals surface area contributed by atoms with Crippen LogP contribution in [0.2, 0.25) is 0 Å². The molecule has 0 spiro atoms. The molecule has 0 saturated heterocycles. The van der Waals surface area contributed by atoms with Crippen molar-refractivity contribution in [1.82, 2.24) is 0 Å². The van der Waals surface area contributed by atoms with E-state index in [1.54, 1.807) is 0 Å². The molecule has 0 radical (unpaired) electrons. The Kier molecular flexibility index (Phi) is 5.82. The number of ether oxygens (including phenoxy) is 2. The van der Waals surface area contributed by atoms with Gasteiger partial charge < -0.3 is 50.3 Å². The molecule has 4 aromatic rings. The van der Waals surface area contributed by atoms with Crippen LogP contribution < -0.4 is 9.47 Å². The normalized spacial score (nSPS) is 19.4. The molecule has 208 valence electrons. The highest BCUT2D eigenvalue weighted by molar-refractivity contribution is 6.08. The standard InChI is InChI=1S/C30H22O11/c31-14-4-1-12(2-5-14)29-27(28(39)25-18(35)8-15(32)9-23(25)41-29)26-20(37)10-19(36)24-21(38)11-22(40-30(24)26)13-3-6-16(33)17(34)7-13/h1-11,21,27,29,31-38H. The predicted octanol–water partition coefficient (Wildman–Crippen LogP) is 4.19. The molecule has 3 unspecified atom stereocenters. The minimum absolute atomic E-state index is 0.0231. The molecule has 8 N–H and O–H groups in total. The van der Waals surface area contributed by atoms with Gasteiger partial charge in [-0.25, -0.2) is 0 Å². The average molecular weight is 558 g/mol. The summed E-state index contributed by atoms with van der Waals surface area (Å²) in [6, 6.07) is 12.5. The SMILES string of the molecule is O=C1c2c(O)cc(O)cc2OC(c2ccc(O)cc2)C1c1c(O)cc(O)c2c1OC(c1ccc(O)c(O)c1)=CC2O. The number of aromatic hydroxyl groups is 7. The third-order valence-electron chi connectivity index (χ3n) is 7.08. The van der Waals surface area contributed by atoms with Crippen LogP contribution in [-0.2, 0) is 0 Å². The summed E-state index contributed by atoms with van der Waals surface area (Å²) in [6.45, 7) is 0. The molecule has 0 aliphatic carbocycles. The molecule has 41 heavy (non-hydrogen) atoms. The number of hydrogen-bond donors (Lipinski definition) is 8. The number of aliphatic hydroxyl groups is 1. The van der Waals surface area contributed by atoms with Gasteiger partial charge in [-0.05, 0) is 42.0 Å². The highest BCUT2D eigenvalue weighted by atomic mass is 16.5. The maximum absolute atomic E-state index is 14.1. The molecule has 0 saturated carbocycles. The maximum Gasteiger partial charge on any atom is 0.182 e. The van der Waals surface area contributed by atoms with Crippen LogP contribution in [0.5, 0.6) is 51.7 Å². The monoisotopic (exact) mass is 558 g/mol. The lowest BCUT2D eigenvalue weighted by Crippen LogP contribution is -2.31. The van der Waals surface area contributed by atoms with Crippen molar-refractivity contribution in [2.75, 3.05) is 0 Å². The van der Waals surface area contributed by atoms with E-state index < -0.39 is 52.7 Å². The smallest absolute Gasteiger partial charge is 0.182 e. The van der Waals surface area contributed by atoms with E-state index in [0.717, 1.165) is 18.2 Å². The molecule has 2 heterocycles. The number of carbonyl (C=O) groups excluding carboxylic acids is 1. The van der Waals surface area contributed by atoms with Gasteiger partial charge in [0.15, 0.2) is 17.3 Å². The fourth-order valence-electron chi connectivity index (χ4n) is 5.19. The van der Waals surface area contributed by atoms with E-state index in [4.69, 9.17) is 9.47 Å². The van der Waals surface area contributed by atoms with Gasteiger partial charge in [-0.3, -0.25) is 4.79 Å². The Morgan fingerprint density at radius 1 is 0.659 bits per heavy atom. The molecule has 2 aliphatic rings. The van der Waals surface area contributed by atoms with Crippen LogP contribution in [0, 0.1) is 0 Å².